The topological polar surface area (TPSA) is 41.6 Å². The molecule has 110 valence electrons. The number of amides is 1. The Hall–Kier alpha value is -1.39. The fraction of sp³-hybridized carbons (Fsp3) is 0.562. The Bertz CT molecular complexity index is 422. The molecular formula is C16H24N2O2. The van der Waals surface area contributed by atoms with Gasteiger partial charge in [-0.25, -0.2) is 0 Å². The maximum absolute atomic E-state index is 12.7. The van der Waals surface area contributed by atoms with E-state index in [9.17, 15) is 4.79 Å². The van der Waals surface area contributed by atoms with Crippen LogP contribution in [0.3, 0.4) is 0 Å². The average molecular weight is 276 g/mol. The van der Waals surface area contributed by atoms with Gasteiger partial charge >= 0.3 is 0 Å². The SMILES string of the molecule is COCCN(Cc1ccccc1)C(=O)C1CCNC1C. The number of hydrogen-bond acceptors (Lipinski definition) is 3. The van der Waals surface area contributed by atoms with Crippen LogP contribution < -0.4 is 5.32 Å². The number of rotatable bonds is 6. The minimum atomic E-state index is 0.0931. The number of ether oxygens (including phenoxy) is 1. The zero-order valence-electron chi connectivity index (χ0n) is 12.3. The Labute approximate surface area is 121 Å². The predicted octanol–water partition coefficient (Wildman–Crippen LogP) is 1.66. The first-order chi connectivity index (χ1) is 9.72. The molecule has 1 aliphatic heterocycles. The van der Waals surface area contributed by atoms with E-state index in [4.69, 9.17) is 4.74 Å². The second-order valence-electron chi connectivity index (χ2n) is 5.38. The van der Waals surface area contributed by atoms with Gasteiger partial charge in [-0.1, -0.05) is 30.3 Å². The third kappa shape index (κ3) is 3.81. The van der Waals surface area contributed by atoms with Crippen molar-refractivity contribution in [1.29, 1.82) is 0 Å². The molecule has 1 saturated heterocycles. The van der Waals surface area contributed by atoms with Crippen molar-refractivity contribution in [2.24, 2.45) is 5.92 Å². The minimum Gasteiger partial charge on any atom is -0.383 e. The molecule has 0 aliphatic carbocycles. The summed E-state index contributed by atoms with van der Waals surface area (Å²) in [6.07, 6.45) is 0.929. The van der Waals surface area contributed by atoms with E-state index in [1.165, 1.54) is 0 Å². The number of carbonyl (C=O) groups excluding carboxylic acids is 1. The van der Waals surface area contributed by atoms with Crippen LogP contribution in [-0.2, 0) is 16.1 Å². The molecule has 1 N–H and O–H groups in total. The molecule has 2 atom stereocenters. The van der Waals surface area contributed by atoms with Crippen LogP contribution in [0.2, 0.25) is 0 Å². The molecule has 0 bridgehead atoms. The summed E-state index contributed by atoms with van der Waals surface area (Å²) in [5.74, 6) is 0.332. The van der Waals surface area contributed by atoms with E-state index in [-0.39, 0.29) is 17.9 Å². The second-order valence-corrected chi connectivity index (χ2v) is 5.38. The van der Waals surface area contributed by atoms with Gasteiger partial charge in [-0.15, -0.1) is 0 Å². The molecule has 1 aromatic rings. The van der Waals surface area contributed by atoms with E-state index >= 15 is 0 Å². The van der Waals surface area contributed by atoms with Crippen LogP contribution in [0.15, 0.2) is 30.3 Å². The lowest BCUT2D eigenvalue weighted by atomic mass is 10.00. The lowest BCUT2D eigenvalue weighted by Gasteiger charge is -2.27. The maximum Gasteiger partial charge on any atom is 0.227 e. The Kier molecular flexibility index (Phi) is 5.56. The number of nitrogens with zero attached hydrogens (tertiary/aromatic N) is 1. The lowest BCUT2D eigenvalue weighted by molar-refractivity contribution is -0.137. The Balaban J connectivity index is 2.04. The molecule has 1 amide bonds. The molecule has 2 unspecified atom stereocenters. The highest BCUT2D eigenvalue weighted by molar-refractivity contribution is 5.80. The minimum absolute atomic E-state index is 0.0931. The summed E-state index contributed by atoms with van der Waals surface area (Å²) in [6.45, 7) is 4.90. The van der Waals surface area contributed by atoms with Gasteiger partial charge in [0.25, 0.3) is 0 Å². The molecule has 2 rings (SSSR count). The van der Waals surface area contributed by atoms with Crippen LogP contribution in [-0.4, -0.2) is 43.7 Å². The van der Waals surface area contributed by atoms with Gasteiger partial charge in [0.05, 0.1) is 12.5 Å². The van der Waals surface area contributed by atoms with Crippen molar-refractivity contribution >= 4 is 5.91 Å². The number of methoxy groups -OCH3 is 1. The summed E-state index contributed by atoms with van der Waals surface area (Å²) in [7, 11) is 1.67. The second kappa shape index (κ2) is 7.41. The van der Waals surface area contributed by atoms with Gasteiger partial charge in [0.1, 0.15) is 0 Å². The first-order valence-electron chi connectivity index (χ1n) is 7.27. The van der Waals surface area contributed by atoms with E-state index < -0.39 is 0 Å². The van der Waals surface area contributed by atoms with Crippen molar-refractivity contribution in [3.8, 4) is 0 Å². The highest BCUT2D eigenvalue weighted by Crippen LogP contribution is 2.19. The third-order valence-electron chi connectivity index (χ3n) is 3.94. The van der Waals surface area contributed by atoms with E-state index in [0.29, 0.717) is 19.7 Å². The highest BCUT2D eigenvalue weighted by Gasteiger charge is 2.32. The van der Waals surface area contributed by atoms with Gasteiger partial charge < -0.3 is 15.0 Å². The van der Waals surface area contributed by atoms with Gasteiger partial charge in [-0.2, -0.15) is 0 Å². The van der Waals surface area contributed by atoms with Crippen molar-refractivity contribution in [2.45, 2.75) is 25.9 Å². The van der Waals surface area contributed by atoms with Crippen molar-refractivity contribution in [2.75, 3.05) is 26.8 Å². The van der Waals surface area contributed by atoms with Gasteiger partial charge in [0.15, 0.2) is 0 Å². The Morgan fingerprint density at radius 2 is 2.15 bits per heavy atom. The predicted molar refractivity (Wildman–Crippen MR) is 79.3 cm³/mol. The van der Waals surface area contributed by atoms with Crippen molar-refractivity contribution in [3.05, 3.63) is 35.9 Å². The molecule has 0 spiro atoms. The van der Waals surface area contributed by atoms with Crippen molar-refractivity contribution in [1.82, 2.24) is 10.2 Å². The van der Waals surface area contributed by atoms with Gasteiger partial charge in [-0.05, 0) is 25.5 Å². The molecule has 20 heavy (non-hydrogen) atoms. The normalized spacial score (nSPS) is 21.9. The van der Waals surface area contributed by atoms with E-state index in [1.54, 1.807) is 7.11 Å². The van der Waals surface area contributed by atoms with Crippen LogP contribution in [0.1, 0.15) is 18.9 Å². The van der Waals surface area contributed by atoms with Gasteiger partial charge in [0.2, 0.25) is 5.91 Å². The molecule has 1 fully saturated rings. The molecule has 0 aromatic heterocycles. The summed E-state index contributed by atoms with van der Waals surface area (Å²) in [6, 6.07) is 10.4. The van der Waals surface area contributed by atoms with E-state index in [1.807, 2.05) is 23.1 Å². The largest absolute Gasteiger partial charge is 0.383 e. The fourth-order valence-corrected chi connectivity index (χ4v) is 2.70. The Morgan fingerprint density at radius 1 is 1.40 bits per heavy atom. The zero-order chi connectivity index (χ0) is 14.4. The number of nitrogens with one attached hydrogen (secondary N) is 1. The summed E-state index contributed by atoms with van der Waals surface area (Å²) >= 11 is 0. The van der Waals surface area contributed by atoms with Gasteiger partial charge in [-0.3, -0.25) is 4.79 Å². The van der Waals surface area contributed by atoms with Crippen LogP contribution >= 0.6 is 0 Å². The maximum atomic E-state index is 12.7. The standard InChI is InChI=1S/C16H24N2O2/c1-13-15(8-9-17-13)16(19)18(10-11-20-2)12-14-6-4-3-5-7-14/h3-7,13,15,17H,8-12H2,1-2H3. The molecular weight excluding hydrogens is 252 g/mol. The number of carbonyl (C=O) groups is 1. The fourth-order valence-electron chi connectivity index (χ4n) is 2.70. The van der Waals surface area contributed by atoms with Crippen LogP contribution in [0.4, 0.5) is 0 Å². The van der Waals surface area contributed by atoms with E-state index in [2.05, 4.69) is 24.4 Å². The molecule has 0 saturated carbocycles. The summed E-state index contributed by atoms with van der Waals surface area (Å²) in [5.41, 5.74) is 1.16. The van der Waals surface area contributed by atoms with Crippen molar-refractivity contribution in [3.63, 3.8) is 0 Å². The summed E-state index contributed by atoms with van der Waals surface area (Å²) < 4.78 is 5.14. The van der Waals surface area contributed by atoms with Crippen molar-refractivity contribution < 1.29 is 9.53 Å². The molecule has 1 aromatic carbocycles. The lowest BCUT2D eigenvalue weighted by Crippen LogP contribution is -2.41. The smallest absolute Gasteiger partial charge is 0.227 e. The molecule has 1 aliphatic rings. The average Bonchev–Trinajstić information content (AvgIpc) is 2.90. The number of benzene rings is 1. The van der Waals surface area contributed by atoms with Crippen LogP contribution in [0.5, 0.6) is 0 Å². The quantitative estimate of drug-likeness (QED) is 0.859. The van der Waals surface area contributed by atoms with Gasteiger partial charge in [0, 0.05) is 26.2 Å². The highest BCUT2D eigenvalue weighted by atomic mass is 16.5. The summed E-state index contributed by atoms with van der Waals surface area (Å²) in [5, 5.41) is 3.35. The molecule has 0 radical (unpaired) electrons. The Morgan fingerprint density at radius 3 is 2.75 bits per heavy atom. The molecule has 4 heteroatoms. The first kappa shape index (κ1) is 15.0. The van der Waals surface area contributed by atoms with E-state index in [0.717, 1.165) is 18.5 Å². The molecule has 1 heterocycles. The van der Waals surface area contributed by atoms with Crippen LogP contribution in [0, 0.1) is 5.92 Å². The monoisotopic (exact) mass is 276 g/mol. The zero-order valence-corrected chi connectivity index (χ0v) is 12.3. The van der Waals surface area contributed by atoms with Crippen LogP contribution in [0.25, 0.3) is 0 Å². The third-order valence-corrected chi connectivity index (χ3v) is 3.94. The summed E-state index contributed by atoms with van der Waals surface area (Å²) in [4.78, 5) is 14.6. The first-order valence-corrected chi connectivity index (χ1v) is 7.27. The molecule has 4 nitrogen and oxygen atoms in total. The number of hydrogen-bond donors (Lipinski definition) is 1.